The van der Waals surface area contributed by atoms with Crippen LogP contribution >= 0.6 is 11.8 Å². The van der Waals surface area contributed by atoms with Gasteiger partial charge in [-0.05, 0) is 60.6 Å². The molecule has 1 aliphatic carbocycles. The number of fused-ring (bicyclic) bond motifs is 1. The monoisotopic (exact) mass is 407 g/mol. The van der Waals surface area contributed by atoms with E-state index >= 15 is 0 Å². The van der Waals surface area contributed by atoms with Crippen molar-refractivity contribution in [3.63, 3.8) is 0 Å². The molecule has 1 aromatic carbocycles. The van der Waals surface area contributed by atoms with Crippen LogP contribution in [0.1, 0.15) is 47.3 Å². The molecule has 2 aromatic rings. The predicted octanol–water partition coefficient (Wildman–Crippen LogP) is 4.06. The summed E-state index contributed by atoms with van der Waals surface area (Å²) in [7, 11) is 0. The summed E-state index contributed by atoms with van der Waals surface area (Å²) in [6.45, 7) is 0. The number of carbonyl (C=O) groups excluding carboxylic acids is 1. The Morgan fingerprint density at radius 3 is 2.93 bits per heavy atom. The summed E-state index contributed by atoms with van der Waals surface area (Å²) in [6, 6.07) is 9.43. The van der Waals surface area contributed by atoms with Gasteiger partial charge in [-0.15, -0.1) is 0 Å². The van der Waals surface area contributed by atoms with Crippen LogP contribution in [0, 0.1) is 17.1 Å². The van der Waals surface area contributed by atoms with Crippen LogP contribution in [0.15, 0.2) is 52.5 Å². The third-order valence-corrected chi connectivity index (χ3v) is 5.92. The highest BCUT2D eigenvalue weighted by Gasteiger charge is 2.42. The number of nitriles is 1. The van der Waals surface area contributed by atoms with Crippen molar-refractivity contribution in [2.45, 2.75) is 31.2 Å². The lowest BCUT2D eigenvalue weighted by Crippen LogP contribution is -2.35. The first-order valence-corrected chi connectivity index (χ1v) is 10.1. The van der Waals surface area contributed by atoms with E-state index in [1.807, 2.05) is 11.5 Å². The van der Waals surface area contributed by atoms with Crippen molar-refractivity contribution in [2.24, 2.45) is 10.7 Å². The van der Waals surface area contributed by atoms with Crippen molar-refractivity contribution in [1.29, 1.82) is 5.26 Å². The number of nitrogens with zero attached hydrogens (tertiary/aromatic N) is 3. The van der Waals surface area contributed by atoms with Crippen LogP contribution in [0.5, 0.6) is 0 Å². The van der Waals surface area contributed by atoms with Gasteiger partial charge < -0.3 is 11.1 Å². The fourth-order valence-electron chi connectivity index (χ4n) is 3.77. The van der Waals surface area contributed by atoms with E-state index in [0.29, 0.717) is 28.4 Å². The van der Waals surface area contributed by atoms with Gasteiger partial charge in [-0.1, -0.05) is 18.2 Å². The molecule has 0 radical (unpaired) electrons. The topological polar surface area (TPSA) is 104 Å². The second kappa shape index (κ2) is 7.68. The van der Waals surface area contributed by atoms with Gasteiger partial charge in [0, 0.05) is 17.4 Å². The average Bonchev–Trinajstić information content (AvgIpc) is 2.74. The fraction of sp³-hybridized carbons (Fsp3) is 0.238. The van der Waals surface area contributed by atoms with Crippen LogP contribution in [0.2, 0.25) is 0 Å². The quantitative estimate of drug-likeness (QED) is 0.798. The molecule has 0 bridgehead atoms. The number of amidine groups is 1. The molecule has 1 aliphatic heterocycles. The minimum Gasteiger partial charge on any atom is -0.378 e. The summed E-state index contributed by atoms with van der Waals surface area (Å²) >= 11 is 1.36. The number of nitrogens with one attached hydrogen (secondary N) is 1. The number of nitrogens with two attached hydrogens (primary N) is 1. The highest BCUT2D eigenvalue weighted by atomic mass is 32.2. The lowest BCUT2D eigenvalue weighted by atomic mass is 9.73. The number of anilines is 1. The molecular weight excluding hydrogens is 389 g/mol. The smallest absolute Gasteiger partial charge is 0.274 e. The molecule has 1 saturated carbocycles. The number of thioether (sulfide) groups is 1. The summed E-state index contributed by atoms with van der Waals surface area (Å²) in [5.74, 6) is -0.818. The van der Waals surface area contributed by atoms with Crippen LogP contribution in [0.4, 0.5) is 10.1 Å². The molecule has 1 aromatic heterocycles. The number of amides is 1. The van der Waals surface area contributed by atoms with E-state index in [9.17, 15) is 9.18 Å². The summed E-state index contributed by atoms with van der Waals surface area (Å²) in [5.41, 5.74) is 7.62. The Kier molecular flexibility index (Phi) is 5.07. The van der Waals surface area contributed by atoms with Gasteiger partial charge in [0.1, 0.15) is 23.1 Å². The van der Waals surface area contributed by atoms with E-state index in [-0.39, 0.29) is 11.5 Å². The maximum atomic E-state index is 14.9. The van der Waals surface area contributed by atoms with Crippen molar-refractivity contribution in [3.8, 4) is 6.07 Å². The third-order valence-electron chi connectivity index (χ3n) is 5.18. The Labute approximate surface area is 171 Å². The van der Waals surface area contributed by atoms with E-state index in [1.54, 1.807) is 6.07 Å². The molecule has 2 aliphatic rings. The first-order valence-electron chi connectivity index (χ1n) is 9.21. The Morgan fingerprint density at radius 1 is 1.31 bits per heavy atom. The molecule has 0 spiro atoms. The highest BCUT2D eigenvalue weighted by Crippen LogP contribution is 2.49. The fourth-order valence-corrected chi connectivity index (χ4v) is 4.56. The first kappa shape index (κ1) is 19.2. The van der Waals surface area contributed by atoms with E-state index < -0.39 is 11.4 Å². The summed E-state index contributed by atoms with van der Waals surface area (Å²) < 4.78 is 14.9. The van der Waals surface area contributed by atoms with Crippen LogP contribution in [-0.4, -0.2) is 16.1 Å². The molecule has 0 unspecified atom stereocenters. The number of carbonyl (C=O) groups is 1. The lowest BCUT2D eigenvalue weighted by molar-refractivity contribution is 0.102. The Hall–Kier alpha value is -3.18. The van der Waals surface area contributed by atoms with Gasteiger partial charge >= 0.3 is 0 Å². The van der Waals surface area contributed by atoms with E-state index in [1.165, 1.54) is 42.2 Å². The molecule has 1 atom stereocenters. The molecule has 3 N–H and O–H groups in total. The van der Waals surface area contributed by atoms with Crippen molar-refractivity contribution < 1.29 is 9.18 Å². The van der Waals surface area contributed by atoms with E-state index in [4.69, 9.17) is 11.0 Å². The van der Waals surface area contributed by atoms with Gasteiger partial charge in [0.25, 0.3) is 5.91 Å². The number of hydrogen-bond donors (Lipinski definition) is 2. The standard InChI is InChI=1S/C21H18FN5OS/c22-17-6-5-15(26-19(28)18-7-4-13(10-23)11-25-18)9-16(17)21-8-2-1-3-14(21)12-29-20(24)27-21/h4-7,9,11-12H,1-3,8H2,(H2,24,27)(H,26,28)/t21-/m0/s1. The van der Waals surface area contributed by atoms with Gasteiger partial charge in [-0.3, -0.25) is 4.79 Å². The normalized spacial score (nSPS) is 20.7. The number of hydrogen-bond acceptors (Lipinski definition) is 6. The molecular formula is C21H18FN5OS. The maximum absolute atomic E-state index is 14.9. The molecule has 4 rings (SSSR count). The summed E-state index contributed by atoms with van der Waals surface area (Å²) in [6.07, 6.45) is 4.80. The molecule has 29 heavy (non-hydrogen) atoms. The van der Waals surface area contributed by atoms with Crippen molar-refractivity contribution in [3.05, 3.63) is 70.1 Å². The predicted molar refractivity (Wildman–Crippen MR) is 111 cm³/mol. The van der Waals surface area contributed by atoms with Crippen molar-refractivity contribution >= 4 is 28.5 Å². The Morgan fingerprint density at radius 2 is 2.17 bits per heavy atom. The zero-order valence-electron chi connectivity index (χ0n) is 15.5. The number of aliphatic imine (C=N–C) groups is 1. The Balaban J connectivity index is 1.67. The minimum atomic E-state index is -0.814. The number of aromatic nitrogens is 1. The summed E-state index contributed by atoms with van der Waals surface area (Å²) in [5, 5.41) is 14.0. The molecule has 8 heteroatoms. The second-order valence-electron chi connectivity index (χ2n) is 6.97. The number of rotatable bonds is 3. The third kappa shape index (κ3) is 3.61. The number of halogens is 1. The van der Waals surface area contributed by atoms with Gasteiger partial charge in [0.15, 0.2) is 5.17 Å². The maximum Gasteiger partial charge on any atom is 0.274 e. The average molecular weight is 407 g/mol. The largest absolute Gasteiger partial charge is 0.378 e. The van der Waals surface area contributed by atoms with Crippen LogP contribution < -0.4 is 11.1 Å². The molecule has 146 valence electrons. The zero-order valence-corrected chi connectivity index (χ0v) is 16.3. The molecule has 1 amide bonds. The molecule has 0 saturated heterocycles. The van der Waals surface area contributed by atoms with E-state index in [2.05, 4.69) is 15.3 Å². The summed E-state index contributed by atoms with van der Waals surface area (Å²) in [4.78, 5) is 21.2. The van der Waals surface area contributed by atoms with Gasteiger partial charge in [-0.2, -0.15) is 5.26 Å². The van der Waals surface area contributed by atoms with Crippen molar-refractivity contribution in [1.82, 2.24) is 4.98 Å². The second-order valence-corrected chi connectivity index (χ2v) is 7.86. The Bertz CT molecular complexity index is 1070. The molecule has 2 heterocycles. The van der Waals surface area contributed by atoms with Gasteiger partial charge in [0.2, 0.25) is 0 Å². The molecule has 1 fully saturated rings. The molecule has 6 nitrogen and oxygen atoms in total. The highest BCUT2D eigenvalue weighted by molar-refractivity contribution is 8.16. The van der Waals surface area contributed by atoms with Crippen LogP contribution in [-0.2, 0) is 5.54 Å². The van der Waals surface area contributed by atoms with Crippen molar-refractivity contribution in [2.75, 3.05) is 5.32 Å². The number of benzene rings is 1. The lowest BCUT2D eigenvalue weighted by Gasteiger charge is -2.39. The SMILES string of the molecule is N#Cc1ccc(C(=O)Nc2ccc(F)c([C@]34CCCCC3=CSC(N)=N4)c2)nc1. The van der Waals surface area contributed by atoms with Gasteiger partial charge in [-0.25, -0.2) is 14.4 Å². The van der Waals surface area contributed by atoms with E-state index in [0.717, 1.165) is 24.8 Å². The van der Waals surface area contributed by atoms with Crippen LogP contribution in [0.3, 0.4) is 0 Å². The van der Waals surface area contributed by atoms with Gasteiger partial charge in [0.05, 0.1) is 5.56 Å². The first-order chi connectivity index (χ1) is 14.0. The minimum absolute atomic E-state index is 0.169. The number of pyridine rings is 1. The van der Waals surface area contributed by atoms with Crippen LogP contribution in [0.25, 0.3) is 0 Å². The zero-order chi connectivity index (χ0) is 20.4.